The minimum absolute atomic E-state index is 0. The first kappa shape index (κ1) is 25.3. The molecule has 1 aliphatic rings. The number of piperidine rings is 1. The monoisotopic (exact) mass is 447 g/mol. The van der Waals surface area contributed by atoms with Crippen LogP contribution in [-0.2, 0) is 9.53 Å². The summed E-state index contributed by atoms with van der Waals surface area (Å²) in [4.78, 5) is 26.3. The van der Waals surface area contributed by atoms with Crippen LogP contribution >= 0.6 is 24.0 Å². The Hall–Kier alpha value is -1.70. The van der Waals surface area contributed by atoms with Gasteiger partial charge in [-0.3, -0.25) is 9.59 Å². The van der Waals surface area contributed by atoms with Crippen LogP contribution in [-0.4, -0.2) is 56.2 Å². The van der Waals surface area contributed by atoms with E-state index in [-0.39, 0.29) is 30.3 Å². The lowest BCUT2D eigenvalue weighted by Gasteiger charge is -2.36. The van der Waals surface area contributed by atoms with Crippen molar-refractivity contribution in [3.05, 3.63) is 22.7 Å². The highest BCUT2D eigenvalue weighted by Crippen LogP contribution is 2.29. The number of amides is 1. The van der Waals surface area contributed by atoms with Gasteiger partial charge in [0.15, 0.2) is 0 Å². The Labute approximate surface area is 183 Å². The summed E-state index contributed by atoms with van der Waals surface area (Å²) >= 11 is 6.06. The zero-order chi connectivity index (χ0) is 20.7. The van der Waals surface area contributed by atoms with Gasteiger partial charge in [-0.2, -0.15) is 0 Å². The van der Waals surface area contributed by atoms with E-state index in [1.807, 2.05) is 0 Å². The van der Waals surface area contributed by atoms with E-state index in [4.69, 9.17) is 22.1 Å². The molecular formula is C20H31Cl2N3O4. The fraction of sp³-hybridized carbons (Fsp3) is 0.600. The predicted molar refractivity (Wildman–Crippen MR) is 117 cm³/mol. The first-order valence-electron chi connectivity index (χ1n) is 9.60. The molecule has 2 rings (SSSR count). The summed E-state index contributed by atoms with van der Waals surface area (Å²) in [6, 6.07) is 3.61. The van der Waals surface area contributed by atoms with E-state index in [1.165, 1.54) is 14.2 Å². The molecule has 1 atom stereocenters. The third kappa shape index (κ3) is 7.24. The van der Waals surface area contributed by atoms with Crippen LogP contribution in [0.2, 0.25) is 5.02 Å². The number of methoxy groups -OCH3 is 2. The largest absolute Gasteiger partial charge is 0.496 e. The van der Waals surface area contributed by atoms with Gasteiger partial charge in [0.1, 0.15) is 5.75 Å². The number of hydrogen-bond acceptors (Lipinski definition) is 6. The Morgan fingerprint density at radius 2 is 1.97 bits per heavy atom. The number of likely N-dealkylation sites (tertiary alicyclic amines) is 1. The van der Waals surface area contributed by atoms with Gasteiger partial charge in [0, 0.05) is 37.7 Å². The summed E-state index contributed by atoms with van der Waals surface area (Å²) in [5.74, 6) is 0.0474. The second kappa shape index (κ2) is 12.1. The topological polar surface area (TPSA) is 93.9 Å². The van der Waals surface area contributed by atoms with Crippen molar-refractivity contribution in [2.45, 2.75) is 51.1 Å². The van der Waals surface area contributed by atoms with Gasteiger partial charge in [-0.15, -0.1) is 12.4 Å². The van der Waals surface area contributed by atoms with Crippen molar-refractivity contribution in [2.24, 2.45) is 0 Å². The molecule has 0 radical (unpaired) electrons. The number of benzene rings is 1. The van der Waals surface area contributed by atoms with Gasteiger partial charge in [0.05, 0.1) is 30.5 Å². The van der Waals surface area contributed by atoms with E-state index >= 15 is 0 Å². The lowest BCUT2D eigenvalue weighted by Crippen LogP contribution is -2.47. The van der Waals surface area contributed by atoms with Crippen LogP contribution < -0.4 is 15.8 Å². The van der Waals surface area contributed by atoms with E-state index < -0.39 is 0 Å². The van der Waals surface area contributed by atoms with Crippen molar-refractivity contribution in [1.82, 2.24) is 10.2 Å². The molecule has 7 nitrogen and oxygen atoms in total. The number of ether oxygens (including phenoxy) is 2. The number of esters is 1. The third-order valence-corrected chi connectivity index (χ3v) is 5.61. The highest BCUT2D eigenvalue weighted by Gasteiger charge is 2.25. The smallest absolute Gasteiger partial charge is 0.305 e. The van der Waals surface area contributed by atoms with Crippen LogP contribution in [0, 0.1) is 0 Å². The Morgan fingerprint density at radius 3 is 2.55 bits per heavy atom. The van der Waals surface area contributed by atoms with Gasteiger partial charge in [0.25, 0.3) is 5.91 Å². The second-order valence-corrected chi connectivity index (χ2v) is 7.58. The summed E-state index contributed by atoms with van der Waals surface area (Å²) < 4.78 is 9.94. The van der Waals surface area contributed by atoms with Gasteiger partial charge in [-0.25, -0.2) is 0 Å². The van der Waals surface area contributed by atoms with E-state index in [2.05, 4.69) is 21.9 Å². The molecule has 1 aromatic carbocycles. The quantitative estimate of drug-likeness (QED) is 0.468. The molecule has 0 aromatic heterocycles. The molecule has 164 valence electrons. The molecule has 1 saturated heterocycles. The Kier molecular flexibility index (Phi) is 10.6. The van der Waals surface area contributed by atoms with Gasteiger partial charge < -0.3 is 25.4 Å². The van der Waals surface area contributed by atoms with Crippen LogP contribution in [0.1, 0.15) is 49.4 Å². The Morgan fingerprint density at radius 1 is 1.31 bits per heavy atom. The molecule has 0 bridgehead atoms. The van der Waals surface area contributed by atoms with Crippen molar-refractivity contribution in [3.63, 3.8) is 0 Å². The number of carbonyl (C=O) groups excluding carboxylic acids is 2. The number of hydrogen-bond donors (Lipinski definition) is 2. The lowest BCUT2D eigenvalue weighted by atomic mass is 10.0. The van der Waals surface area contributed by atoms with E-state index in [0.29, 0.717) is 34.5 Å². The molecule has 1 aliphatic heterocycles. The average Bonchev–Trinajstić information content (AvgIpc) is 2.69. The molecule has 0 saturated carbocycles. The van der Waals surface area contributed by atoms with Crippen LogP contribution in [0.5, 0.6) is 5.75 Å². The molecular weight excluding hydrogens is 417 g/mol. The number of nitrogen functional groups attached to an aromatic ring is 1. The average molecular weight is 448 g/mol. The van der Waals surface area contributed by atoms with Crippen LogP contribution in [0.3, 0.4) is 0 Å². The molecule has 29 heavy (non-hydrogen) atoms. The van der Waals surface area contributed by atoms with Crippen molar-refractivity contribution in [1.29, 1.82) is 0 Å². The number of nitrogens with two attached hydrogens (primary N) is 1. The number of rotatable bonds is 8. The molecule has 1 heterocycles. The number of anilines is 1. The third-order valence-electron chi connectivity index (χ3n) is 5.28. The number of halogens is 2. The van der Waals surface area contributed by atoms with Crippen molar-refractivity contribution >= 4 is 41.6 Å². The zero-order valence-electron chi connectivity index (χ0n) is 17.2. The first-order chi connectivity index (χ1) is 13.3. The fourth-order valence-electron chi connectivity index (χ4n) is 3.49. The first-order valence-corrected chi connectivity index (χ1v) is 9.98. The Bertz CT molecular complexity index is 695. The fourth-order valence-corrected chi connectivity index (χ4v) is 3.65. The van der Waals surface area contributed by atoms with Crippen LogP contribution in [0.25, 0.3) is 0 Å². The summed E-state index contributed by atoms with van der Waals surface area (Å²) in [7, 11) is 2.91. The maximum Gasteiger partial charge on any atom is 0.305 e. The SMILES string of the molecule is COC(=O)CCCC(C)N1CCC(NC(=O)c2cc(Cl)c(N)cc2OC)CC1.Cl. The number of nitrogens with one attached hydrogen (secondary N) is 1. The lowest BCUT2D eigenvalue weighted by molar-refractivity contribution is -0.140. The van der Waals surface area contributed by atoms with E-state index in [0.717, 1.165) is 38.8 Å². The second-order valence-electron chi connectivity index (χ2n) is 7.18. The van der Waals surface area contributed by atoms with Gasteiger partial charge >= 0.3 is 5.97 Å². The highest BCUT2D eigenvalue weighted by molar-refractivity contribution is 6.33. The molecule has 1 fully saturated rings. The normalized spacial score (nSPS) is 15.9. The van der Waals surface area contributed by atoms with Gasteiger partial charge in [-0.1, -0.05) is 11.6 Å². The molecule has 1 amide bonds. The maximum atomic E-state index is 12.7. The Balaban J connectivity index is 0.00000420. The van der Waals surface area contributed by atoms with Crippen molar-refractivity contribution in [3.8, 4) is 5.75 Å². The molecule has 0 aliphatic carbocycles. The molecule has 1 aromatic rings. The van der Waals surface area contributed by atoms with E-state index in [1.54, 1.807) is 12.1 Å². The predicted octanol–water partition coefficient (Wildman–Crippen LogP) is 3.28. The molecule has 1 unspecified atom stereocenters. The summed E-state index contributed by atoms with van der Waals surface area (Å²) in [5.41, 5.74) is 6.55. The summed E-state index contributed by atoms with van der Waals surface area (Å²) in [6.07, 6.45) is 3.98. The van der Waals surface area contributed by atoms with Crippen LogP contribution in [0.4, 0.5) is 5.69 Å². The molecule has 9 heteroatoms. The maximum absolute atomic E-state index is 12.7. The van der Waals surface area contributed by atoms with Crippen molar-refractivity contribution in [2.75, 3.05) is 33.0 Å². The minimum atomic E-state index is -0.205. The number of carbonyl (C=O) groups is 2. The van der Waals surface area contributed by atoms with Gasteiger partial charge in [-0.05, 0) is 38.7 Å². The summed E-state index contributed by atoms with van der Waals surface area (Å²) in [5, 5.41) is 3.41. The standard InChI is InChI=1S/C20H30ClN3O4.ClH/c1-13(5-4-6-19(25)28-3)24-9-7-14(8-10-24)23-20(26)15-11-16(21)17(22)12-18(15)27-2;/h11-14H,4-10,22H2,1-3H3,(H,23,26);1H. The highest BCUT2D eigenvalue weighted by atomic mass is 35.5. The molecule has 0 spiro atoms. The summed E-state index contributed by atoms with van der Waals surface area (Å²) in [6.45, 7) is 3.99. The zero-order valence-corrected chi connectivity index (χ0v) is 18.8. The van der Waals surface area contributed by atoms with Crippen LogP contribution in [0.15, 0.2) is 12.1 Å². The minimum Gasteiger partial charge on any atom is -0.496 e. The van der Waals surface area contributed by atoms with Crippen molar-refractivity contribution < 1.29 is 19.1 Å². The molecule has 3 N–H and O–H groups in total. The van der Waals surface area contributed by atoms with E-state index in [9.17, 15) is 9.59 Å². The van der Waals surface area contributed by atoms with Gasteiger partial charge in [0.2, 0.25) is 0 Å². The number of nitrogens with zero attached hydrogens (tertiary/aromatic N) is 1.